The van der Waals surface area contributed by atoms with Crippen molar-refractivity contribution in [2.75, 3.05) is 0 Å². The molecule has 1 atom stereocenters. The molecule has 0 saturated heterocycles. The van der Waals surface area contributed by atoms with Gasteiger partial charge in [0.05, 0.1) is 17.9 Å². The highest BCUT2D eigenvalue weighted by Crippen LogP contribution is 2.12. The van der Waals surface area contributed by atoms with E-state index in [1.54, 1.807) is 6.07 Å². The summed E-state index contributed by atoms with van der Waals surface area (Å²) in [6.45, 7) is 5.70. The average Bonchev–Trinajstić information content (AvgIpc) is 2.72. The first-order chi connectivity index (χ1) is 7.60. The Labute approximate surface area is 95.2 Å². The molecular weight excluding hydrogens is 204 g/mol. The van der Waals surface area contributed by atoms with E-state index in [0.717, 1.165) is 0 Å². The summed E-state index contributed by atoms with van der Waals surface area (Å²) >= 11 is 0. The molecule has 0 spiro atoms. The zero-order valence-electron chi connectivity index (χ0n) is 9.78. The molecule has 86 valence electrons. The molecule has 4 nitrogen and oxygen atoms in total. The van der Waals surface area contributed by atoms with E-state index in [1.807, 2.05) is 20.8 Å². The number of carbonyl (C=O) groups is 1. The molecule has 1 aromatic rings. The number of hydrogen-bond donors (Lipinski definition) is 1. The van der Waals surface area contributed by atoms with Crippen LogP contribution in [0.3, 0.4) is 0 Å². The highest BCUT2D eigenvalue weighted by Gasteiger charge is 2.19. The molecule has 1 heterocycles. The first kappa shape index (κ1) is 12.3. The number of nitriles is 1. The maximum absolute atomic E-state index is 11.8. The van der Waals surface area contributed by atoms with Crippen LogP contribution < -0.4 is 5.32 Å². The number of hydrogen-bond acceptors (Lipinski definition) is 3. The van der Waals surface area contributed by atoms with Gasteiger partial charge < -0.3 is 9.73 Å². The standard InChI is InChI=1S/C12H16N2O2/c1-4-11-9(5-6-16-11)12(15)14-10(7-13)8(2)3/h5-6,8,10H,4H2,1-3H3,(H,14,15). The van der Waals surface area contributed by atoms with Crippen LogP contribution in [0.5, 0.6) is 0 Å². The Kier molecular flexibility index (Phi) is 4.12. The summed E-state index contributed by atoms with van der Waals surface area (Å²) in [4.78, 5) is 11.8. The molecule has 0 radical (unpaired) electrons. The zero-order valence-corrected chi connectivity index (χ0v) is 9.78. The molecule has 1 amide bonds. The summed E-state index contributed by atoms with van der Waals surface area (Å²) in [5.41, 5.74) is 0.517. The normalized spacial score (nSPS) is 12.2. The van der Waals surface area contributed by atoms with E-state index in [-0.39, 0.29) is 11.8 Å². The second-order valence-corrected chi connectivity index (χ2v) is 3.94. The van der Waals surface area contributed by atoms with E-state index in [9.17, 15) is 4.79 Å². The van der Waals surface area contributed by atoms with Crippen LogP contribution in [-0.2, 0) is 6.42 Å². The van der Waals surface area contributed by atoms with Crippen molar-refractivity contribution >= 4 is 5.91 Å². The van der Waals surface area contributed by atoms with Crippen molar-refractivity contribution in [3.05, 3.63) is 23.7 Å². The predicted octanol–water partition coefficient (Wildman–Crippen LogP) is 2.12. The quantitative estimate of drug-likeness (QED) is 0.845. The van der Waals surface area contributed by atoms with E-state index >= 15 is 0 Å². The molecule has 0 aromatic carbocycles. The lowest BCUT2D eigenvalue weighted by atomic mass is 10.1. The minimum atomic E-state index is -0.466. The first-order valence-electron chi connectivity index (χ1n) is 5.37. The third-order valence-corrected chi connectivity index (χ3v) is 2.40. The first-order valence-corrected chi connectivity index (χ1v) is 5.37. The Morgan fingerprint density at radius 2 is 2.31 bits per heavy atom. The molecule has 0 aliphatic rings. The largest absolute Gasteiger partial charge is 0.469 e. The Balaban J connectivity index is 2.76. The molecule has 4 heteroatoms. The molecule has 1 N–H and O–H groups in total. The van der Waals surface area contributed by atoms with E-state index in [1.165, 1.54) is 6.26 Å². The van der Waals surface area contributed by atoms with Gasteiger partial charge in [0.2, 0.25) is 0 Å². The lowest BCUT2D eigenvalue weighted by Crippen LogP contribution is -2.37. The number of rotatable bonds is 4. The third-order valence-electron chi connectivity index (χ3n) is 2.40. The number of carbonyl (C=O) groups excluding carboxylic acids is 1. The molecule has 0 fully saturated rings. The summed E-state index contributed by atoms with van der Waals surface area (Å²) in [5, 5.41) is 11.6. The van der Waals surface area contributed by atoms with Crippen LogP contribution in [0, 0.1) is 17.2 Å². The van der Waals surface area contributed by atoms with Crippen LogP contribution >= 0.6 is 0 Å². The topological polar surface area (TPSA) is 66.0 Å². The van der Waals surface area contributed by atoms with Gasteiger partial charge >= 0.3 is 0 Å². The van der Waals surface area contributed by atoms with Crippen LogP contribution in [0.1, 0.15) is 36.9 Å². The lowest BCUT2D eigenvalue weighted by Gasteiger charge is -2.14. The molecular formula is C12H16N2O2. The van der Waals surface area contributed by atoms with Crippen molar-refractivity contribution in [3.8, 4) is 6.07 Å². The number of amides is 1. The van der Waals surface area contributed by atoms with Gasteiger partial charge in [-0.1, -0.05) is 20.8 Å². The number of aryl methyl sites for hydroxylation is 1. The van der Waals surface area contributed by atoms with Gasteiger partial charge in [-0.2, -0.15) is 5.26 Å². The van der Waals surface area contributed by atoms with Gasteiger partial charge in [0.25, 0.3) is 5.91 Å². The summed E-state index contributed by atoms with van der Waals surface area (Å²) in [6.07, 6.45) is 2.15. The van der Waals surface area contributed by atoms with Gasteiger partial charge in [0.1, 0.15) is 11.8 Å². The summed E-state index contributed by atoms with van der Waals surface area (Å²) in [7, 11) is 0. The zero-order chi connectivity index (χ0) is 12.1. The third kappa shape index (κ3) is 2.63. The summed E-state index contributed by atoms with van der Waals surface area (Å²) < 4.78 is 5.17. The molecule has 0 aliphatic carbocycles. The van der Waals surface area contributed by atoms with Crippen molar-refractivity contribution in [1.82, 2.24) is 5.32 Å². The van der Waals surface area contributed by atoms with E-state index in [2.05, 4.69) is 11.4 Å². The van der Waals surface area contributed by atoms with Crippen molar-refractivity contribution in [1.29, 1.82) is 5.26 Å². The van der Waals surface area contributed by atoms with E-state index < -0.39 is 6.04 Å². The van der Waals surface area contributed by atoms with Crippen molar-refractivity contribution in [2.45, 2.75) is 33.2 Å². The highest BCUT2D eigenvalue weighted by atomic mass is 16.3. The lowest BCUT2D eigenvalue weighted by molar-refractivity contribution is 0.0935. The minimum Gasteiger partial charge on any atom is -0.469 e. The van der Waals surface area contributed by atoms with Gasteiger partial charge in [0, 0.05) is 6.42 Å². The van der Waals surface area contributed by atoms with Gasteiger partial charge in [-0.25, -0.2) is 0 Å². The fraction of sp³-hybridized carbons (Fsp3) is 0.500. The smallest absolute Gasteiger partial charge is 0.255 e. The molecule has 1 aromatic heterocycles. The molecule has 0 aliphatic heterocycles. The van der Waals surface area contributed by atoms with Crippen LogP contribution in [0.4, 0.5) is 0 Å². The predicted molar refractivity (Wildman–Crippen MR) is 59.8 cm³/mol. The minimum absolute atomic E-state index is 0.0888. The average molecular weight is 220 g/mol. The maximum atomic E-state index is 11.8. The maximum Gasteiger partial charge on any atom is 0.255 e. The summed E-state index contributed by atoms with van der Waals surface area (Å²) in [6, 6.07) is 3.23. The fourth-order valence-electron chi connectivity index (χ4n) is 1.38. The van der Waals surface area contributed by atoms with Gasteiger partial charge in [-0.15, -0.1) is 0 Å². The molecule has 1 rings (SSSR count). The molecule has 1 unspecified atom stereocenters. The van der Waals surface area contributed by atoms with Crippen LogP contribution in [0.2, 0.25) is 0 Å². The Bertz CT molecular complexity index is 401. The molecule has 0 saturated carbocycles. The van der Waals surface area contributed by atoms with E-state index in [4.69, 9.17) is 9.68 Å². The van der Waals surface area contributed by atoms with Crippen molar-refractivity contribution < 1.29 is 9.21 Å². The second kappa shape index (κ2) is 5.36. The number of nitrogens with zero attached hydrogens (tertiary/aromatic N) is 1. The highest BCUT2D eigenvalue weighted by molar-refractivity contribution is 5.95. The Morgan fingerprint density at radius 1 is 1.62 bits per heavy atom. The summed E-state index contributed by atoms with van der Waals surface area (Å²) in [5.74, 6) is 0.495. The van der Waals surface area contributed by atoms with Crippen molar-refractivity contribution in [2.24, 2.45) is 5.92 Å². The van der Waals surface area contributed by atoms with E-state index in [0.29, 0.717) is 17.7 Å². The fourth-order valence-corrected chi connectivity index (χ4v) is 1.38. The van der Waals surface area contributed by atoms with Crippen molar-refractivity contribution in [3.63, 3.8) is 0 Å². The molecule has 16 heavy (non-hydrogen) atoms. The van der Waals surface area contributed by atoms with Crippen LogP contribution in [0.15, 0.2) is 16.7 Å². The molecule has 0 bridgehead atoms. The van der Waals surface area contributed by atoms with Crippen LogP contribution in [0.25, 0.3) is 0 Å². The SMILES string of the molecule is CCc1occc1C(=O)NC(C#N)C(C)C. The van der Waals surface area contributed by atoms with Gasteiger partial charge in [0.15, 0.2) is 0 Å². The number of nitrogens with one attached hydrogen (secondary N) is 1. The Hall–Kier alpha value is -1.76. The monoisotopic (exact) mass is 220 g/mol. The van der Waals surface area contributed by atoms with Crippen LogP contribution in [-0.4, -0.2) is 11.9 Å². The second-order valence-electron chi connectivity index (χ2n) is 3.94. The van der Waals surface area contributed by atoms with Gasteiger partial charge in [-0.3, -0.25) is 4.79 Å². The number of furan rings is 1. The Morgan fingerprint density at radius 3 is 2.81 bits per heavy atom. The van der Waals surface area contributed by atoms with Gasteiger partial charge in [-0.05, 0) is 12.0 Å².